The van der Waals surface area contributed by atoms with Gasteiger partial charge in [0.15, 0.2) is 5.82 Å². The maximum atomic E-state index is 12.4. The highest BCUT2D eigenvalue weighted by atomic mass is 16.2. The van der Waals surface area contributed by atoms with Gasteiger partial charge in [-0.15, -0.1) is 0 Å². The molecule has 1 saturated heterocycles. The molecule has 2 heterocycles. The molecule has 1 aromatic rings. The number of hydrogen-bond donors (Lipinski definition) is 1. The van der Waals surface area contributed by atoms with E-state index < -0.39 is 0 Å². The van der Waals surface area contributed by atoms with Gasteiger partial charge in [0.05, 0.1) is 19.0 Å². The third-order valence-electron chi connectivity index (χ3n) is 4.58. The molecule has 1 aliphatic carbocycles. The van der Waals surface area contributed by atoms with Crippen LogP contribution >= 0.6 is 0 Å². The van der Waals surface area contributed by atoms with E-state index in [-0.39, 0.29) is 6.03 Å². The third kappa shape index (κ3) is 3.02. The molecule has 21 heavy (non-hydrogen) atoms. The molecule has 6 heteroatoms. The summed E-state index contributed by atoms with van der Waals surface area (Å²) in [5, 5.41) is 15.7. The lowest BCUT2D eigenvalue weighted by Gasteiger charge is -2.36. The molecule has 1 saturated carbocycles. The highest BCUT2D eigenvalue weighted by molar-refractivity contribution is 5.88. The highest BCUT2D eigenvalue weighted by Gasteiger charge is 2.37. The number of likely N-dealkylation sites (tertiary alicyclic amines) is 1. The molecule has 0 spiro atoms. The van der Waals surface area contributed by atoms with E-state index >= 15 is 0 Å². The molecule has 6 nitrogen and oxygen atoms in total. The van der Waals surface area contributed by atoms with E-state index in [0.29, 0.717) is 30.7 Å². The van der Waals surface area contributed by atoms with Gasteiger partial charge in [-0.3, -0.25) is 10.00 Å². The van der Waals surface area contributed by atoms with E-state index in [2.05, 4.69) is 16.5 Å². The summed E-state index contributed by atoms with van der Waals surface area (Å²) >= 11 is 0. The third-order valence-corrected chi connectivity index (χ3v) is 4.58. The molecule has 2 amide bonds. The molecule has 0 radical (unpaired) electrons. The van der Waals surface area contributed by atoms with Crippen molar-refractivity contribution in [2.24, 2.45) is 5.92 Å². The zero-order valence-electron chi connectivity index (χ0n) is 12.2. The Morgan fingerprint density at radius 2 is 2.29 bits per heavy atom. The van der Waals surface area contributed by atoms with Crippen LogP contribution in [0, 0.1) is 17.2 Å². The molecule has 0 unspecified atom stereocenters. The topological polar surface area (TPSA) is 74.0 Å². The monoisotopic (exact) mass is 287 g/mol. The summed E-state index contributed by atoms with van der Waals surface area (Å²) in [6, 6.07) is 4.25. The van der Waals surface area contributed by atoms with Crippen molar-refractivity contribution in [2.45, 2.75) is 51.1 Å². The van der Waals surface area contributed by atoms with Crippen LogP contribution in [0.5, 0.6) is 0 Å². The van der Waals surface area contributed by atoms with Gasteiger partial charge in [0, 0.05) is 24.8 Å². The van der Waals surface area contributed by atoms with Gasteiger partial charge in [-0.25, -0.2) is 4.79 Å². The second kappa shape index (κ2) is 6.17. The summed E-state index contributed by atoms with van der Waals surface area (Å²) in [6.45, 7) is 1.41. The fraction of sp³-hybridized carbons (Fsp3) is 0.667. The second-order valence-electron chi connectivity index (χ2n) is 5.90. The lowest BCUT2D eigenvalue weighted by Crippen LogP contribution is -2.44. The van der Waals surface area contributed by atoms with Crippen LogP contribution in [0.2, 0.25) is 0 Å². The quantitative estimate of drug-likeness (QED) is 0.925. The van der Waals surface area contributed by atoms with Crippen molar-refractivity contribution < 1.29 is 4.79 Å². The number of nitrogens with zero attached hydrogens (tertiary/aromatic N) is 4. The van der Waals surface area contributed by atoms with Crippen LogP contribution in [0.4, 0.5) is 10.6 Å². The van der Waals surface area contributed by atoms with Gasteiger partial charge in [0.25, 0.3) is 0 Å². The largest absolute Gasteiger partial charge is 0.323 e. The summed E-state index contributed by atoms with van der Waals surface area (Å²) in [4.78, 5) is 14.4. The van der Waals surface area contributed by atoms with Gasteiger partial charge >= 0.3 is 6.03 Å². The first kappa shape index (κ1) is 13.9. The summed E-state index contributed by atoms with van der Waals surface area (Å²) in [7, 11) is 0. The zero-order valence-corrected chi connectivity index (χ0v) is 12.2. The Balaban J connectivity index is 1.57. The van der Waals surface area contributed by atoms with E-state index in [0.717, 1.165) is 19.4 Å². The Hall–Kier alpha value is -2.03. The van der Waals surface area contributed by atoms with Gasteiger partial charge in [-0.2, -0.15) is 10.4 Å². The van der Waals surface area contributed by atoms with Crippen molar-refractivity contribution >= 4 is 11.8 Å². The van der Waals surface area contributed by atoms with Crippen molar-refractivity contribution in [2.75, 3.05) is 11.9 Å². The van der Waals surface area contributed by atoms with Crippen LogP contribution in [0.15, 0.2) is 12.3 Å². The van der Waals surface area contributed by atoms with Crippen molar-refractivity contribution in [3.63, 3.8) is 0 Å². The minimum atomic E-state index is -0.0325. The molecule has 112 valence electrons. The predicted molar refractivity (Wildman–Crippen MR) is 78.5 cm³/mol. The van der Waals surface area contributed by atoms with Crippen molar-refractivity contribution in [1.29, 1.82) is 5.26 Å². The number of aromatic nitrogens is 2. The molecule has 2 fully saturated rings. The fourth-order valence-electron chi connectivity index (χ4n) is 3.26. The van der Waals surface area contributed by atoms with E-state index in [9.17, 15) is 4.79 Å². The summed E-state index contributed by atoms with van der Waals surface area (Å²) < 4.78 is 1.69. The first-order valence-electron chi connectivity index (χ1n) is 7.76. The molecule has 0 aromatic carbocycles. The van der Waals surface area contributed by atoms with Gasteiger partial charge in [0.2, 0.25) is 0 Å². The smallest absolute Gasteiger partial charge is 0.321 e. The number of aryl methyl sites for hydroxylation is 1. The Morgan fingerprint density at radius 1 is 1.43 bits per heavy atom. The normalized spacial score (nSPS) is 21.9. The van der Waals surface area contributed by atoms with Crippen LogP contribution in [0.1, 0.15) is 38.5 Å². The summed E-state index contributed by atoms with van der Waals surface area (Å²) in [6.07, 6.45) is 8.28. The van der Waals surface area contributed by atoms with Crippen LogP contribution in [0.3, 0.4) is 0 Å². The van der Waals surface area contributed by atoms with Crippen molar-refractivity contribution in [3.05, 3.63) is 12.3 Å². The Bertz CT molecular complexity index is 543. The Kier molecular flexibility index (Phi) is 4.09. The number of carbonyl (C=O) groups is 1. The first-order chi connectivity index (χ1) is 10.3. The fourth-order valence-corrected chi connectivity index (χ4v) is 3.26. The molecule has 1 aliphatic heterocycles. The molecule has 1 atom stereocenters. The number of anilines is 1. The van der Waals surface area contributed by atoms with Crippen LogP contribution in [0.25, 0.3) is 0 Å². The molecule has 2 aliphatic rings. The molecule has 1 N–H and O–H groups in total. The van der Waals surface area contributed by atoms with Crippen molar-refractivity contribution in [1.82, 2.24) is 14.7 Å². The predicted octanol–water partition coefficient (Wildman–Crippen LogP) is 2.59. The van der Waals surface area contributed by atoms with Crippen molar-refractivity contribution in [3.8, 4) is 6.07 Å². The minimum Gasteiger partial charge on any atom is -0.321 e. The number of nitrogens with one attached hydrogen (secondary N) is 1. The lowest BCUT2D eigenvalue weighted by atomic mass is 9.79. The van der Waals surface area contributed by atoms with Gasteiger partial charge < -0.3 is 4.90 Å². The van der Waals surface area contributed by atoms with E-state index in [4.69, 9.17) is 5.26 Å². The maximum absolute atomic E-state index is 12.4. The second-order valence-corrected chi connectivity index (χ2v) is 5.90. The standard InChI is InChI=1S/C15H21N5O/c16-8-3-9-19-11-7-14(18-19)17-15(21)20-10-2-6-13(20)12-4-1-5-12/h7,11-13H,1-6,9-10H2,(H,17,18,21)/t13-/m0/s1. The Morgan fingerprint density at radius 3 is 3.00 bits per heavy atom. The molecule has 0 bridgehead atoms. The summed E-state index contributed by atoms with van der Waals surface area (Å²) in [5.74, 6) is 1.27. The molecular formula is C15H21N5O. The Labute approximate surface area is 124 Å². The SMILES string of the molecule is N#CCCn1ccc(NC(=O)N2CCC[C@H]2C2CCC2)n1. The molecule has 1 aromatic heterocycles. The zero-order chi connectivity index (χ0) is 14.7. The first-order valence-corrected chi connectivity index (χ1v) is 7.76. The number of amides is 2. The molecular weight excluding hydrogens is 266 g/mol. The highest BCUT2D eigenvalue weighted by Crippen LogP contribution is 2.37. The average molecular weight is 287 g/mol. The number of hydrogen-bond acceptors (Lipinski definition) is 3. The van der Waals surface area contributed by atoms with E-state index in [1.807, 2.05) is 4.90 Å². The minimum absolute atomic E-state index is 0.0325. The van der Waals surface area contributed by atoms with E-state index in [1.54, 1.807) is 16.9 Å². The molecule has 3 rings (SSSR count). The summed E-state index contributed by atoms with van der Waals surface area (Å²) in [5.41, 5.74) is 0. The number of nitriles is 1. The van der Waals surface area contributed by atoms with Crippen LogP contribution in [-0.4, -0.2) is 33.3 Å². The maximum Gasteiger partial charge on any atom is 0.323 e. The number of rotatable bonds is 4. The van der Waals surface area contributed by atoms with Gasteiger partial charge in [-0.1, -0.05) is 6.42 Å². The number of urea groups is 1. The van der Waals surface area contributed by atoms with Crippen LogP contribution < -0.4 is 5.32 Å². The number of carbonyl (C=O) groups excluding carboxylic acids is 1. The van der Waals surface area contributed by atoms with Gasteiger partial charge in [-0.05, 0) is 31.6 Å². The lowest BCUT2D eigenvalue weighted by molar-refractivity contribution is 0.148. The van der Waals surface area contributed by atoms with Gasteiger partial charge in [0.1, 0.15) is 0 Å². The average Bonchev–Trinajstić information content (AvgIpc) is 3.04. The van der Waals surface area contributed by atoms with Crippen LogP contribution in [-0.2, 0) is 6.54 Å². The van der Waals surface area contributed by atoms with E-state index in [1.165, 1.54) is 19.3 Å².